The van der Waals surface area contributed by atoms with E-state index in [4.69, 9.17) is 0 Å². The van der Waals surface area contributed by atoms with Crippen molar-refractivity contribution < 1.29 is 0 Å². The second kappa shape index (κ2) is 8.01. The highest BCUT2D eigenvalue weighted by Gasteiger charge is 2.08. The van der Waals surface area contributed by atoms with Gasteiger partial charge in [0.15, 0.2) is 5.82 Å². The van der Waals surface area contributed by atoms with Crippen LogP contribution in [0, 0.1) is 0 Å². The zero-order chi connectivity index (χ0) is 14.2. The van der Waals surface area contributed by atoms with Crippen LogP contribution in [0.3, 0.4) is 0 Å². The minimum Gasteiger partial charge on any atom is -0.365 e. The molecular formula is C14H25N5O. The normalized spacial score (nSPS) is 16.2. The summed E-state index contributed by atoms with van der Waals surface area (Å²) in [4.78, 5) is 18.7. The van der Waals surface area contributed by atoms with Crippen molar-refractivity contribution in [2.24, 2.45) is 0 Å². The molecule has 1 saturated heterocycles. The van der Waals surface area contributed by atoms with Crippen molar-refractivity contribution in [2.45, 2.75) is 26.3 Å². The molecule has 0 saturated carbocycles. The van der Waals surface area contributed by atoms with Crippen LogP contribution in [0.2, 0.25) is 0 Å². The molecule has 6 nitrogen and oxygen atoms in total. The van der Waals surface area contributed by atoms with E-state index < -0.39 is 0 Å². The van der Waals surface area contributed by atoms with Crippen LogP contribution in [-0.2, 0) is 6.54 Å². The molecule has 2 rings (SSSR count). The molecule has 0 bridgehead atoms. The molecule has 20 heavy (non-hydrogen) atoms. The lowest BCUT2D eigenvalue weighted by Gasteiger charge is -2.27. The summed E-state index contributed by atoms with van der Waals surface area (Å²) in [5, 5.41) is 6.51. The average molecular weight is 279 g/mol. The number of aromatic nitrogens is 2. The van der Waals surface area contributed by atoms with Gasteiger partial charge in [-0.15, -0.1) is 0 Å². The highest BCUT2D eigenvalue weighted by atomic mass is 16.1. The van der Waals surface area contributed by atoms with Gasteiger partial charge in [0, 0.05) is 51.7 Å². The Morgan fingerprint density at radius 2 is 2.15 bits per heavy atom. The minimum atomic E-state index is -0.0171. The Labute approximate surface area is 120 Å². The van der Waals surface area contributed by atoms with Crippen LogP contribution < -0.4 is 16.2 Å². The molecule has 1 aliphatic rings. The predicted octanol–water partition coefficient (Wildman–Crippen LogP) is 0.361. The first-order chi connectivity index (χ1) is 9.81. The first-order valence-electron chi connectivity index (χ1n) is 7.53. The van der Waals surface area contributed by atoms with Crippen LogP contribution >= 0.6 is 0 Å². The summed E-state index contributed by atoms with van der Waals surface area (Å²) in [6, 6.07) is 0. The zero-order valence-corrected chi connectivity index (χ0v) is 12.3. The number of nitrogens with zero attached hydrogens (tertiary/aromatic N) is 3. The van der Waals surface area contributed by atoms with Gasteiger partial charge < -0.3 is 20.1 Å². The lowest BCUT2D eigenvalue weighted by atomic mass is 10.3. The Hall–Kier alpha value is -1.40. The third-order valence-electron chi connectivity index (χ3n) is 3.53. The number of hydrogen-bond donors (Lipinski definition) is 2. The zero-order valence-electron chi connectivity index (χ0n) is 12.3. The molecule has 0 atom stereocenters. The van der Waals surface area contributed by atoms with Crippen LogP contribution in [0.15, 0.2) is 17.2 Å². The maximum Gasteiger partial charge on any atom is 0.293 e. The number of hydrogen-bond acceptors (Lipinski definition) is 5. The van der Waals surface area contributed by atoms with Crippen LogP contribution in [0.5, 0.6) is 0 Å². The largest absolute Gasteiger partial charge is 0.365 e. The van der Waals surface area contributed by atoms with Crippen LogP contribution in [0.4, 0.5) is 5.82 Å². The third kappa shape index (κ3) is 4.31. The second-order valence-electron chi connectivity index (χ2n) is 5.15. The molecule has 1 aromatic heterocycles. The maximum absolute atomic E-state index is 12.1. The van der Waals surface area contributed by atoms with Crippen molar-refractivity contribution in [1.82, 2.24) is 19.8 Å². The summed E-state index contributed by atoms with van der Waals surface area (Å²) >= 11 is 0. The summed E-state index contributed by atoms with van der Waals surface area (Å²) < 4.78 is 1.71. The summed E-state index contributed by atoms with van der Waals surface area (Å²) in [6.45, 7) is 9.07. The topological polar surface area (TPSA) is 62.2 Å². The van der Waals surface area contributed by atoms with E-state index in [9.17, 15) is 4.79 Å². The van der Waals surface area contributed by atoms with Crippen LogP contribution in [0.1, 0.15) is 19.8 Å². The minimum absolute atomic E-state index is 0.0171. The van der Waals surface area contributed by atoms with Gasteiger partial charge in [-0.05, 0) is 19.4 Å². The van der Waals surface area contributed by atoms with Gasteiger partial charge in [0.05, 0.1) is 0 Å². The maximum atomic E-state index is 12.1. The molecule has 1 fully saturated rings. The first kappa shape index (κ1) is 15.0. The van der Waals surface area contributed by atoms with Gasteiger partial charge in [-0.25, -0.2) is 4.98 Å². The van der Waals surface area contributed by atoms with Gasteiger partial charge in [0.25, 0.3) is 5.56 Å². The smallest absolute Gasteiger partial charge is 0.293 e. The van der Waals surface area contributed by atoms with Crippen molar-refractivity contribution in [3.63, 3.8) is 0 Å². The van der Waals surface area contributed by atoms with E-state index in [2.05, 4.69) is 27.4 Å². The molecule has 1 aliphatic heterocycles. The van der Waals surface area contributed by atoms with Gasteiger partial charge in [-0.1, -0.05) is 6.92 Å². The average Bonchev–Trinajstić information content (AvgIpc) is 2.48. The summed E-state index contributed by atoms with van der Waals surface area (Å²) in [5.41, 5.74) is -0.0171. The standard InChI is InChI=1S/C14H25N5O/c1-2-8-19-12-7-17-13(14(19)20)16-4-3-9-18-10-5-15-6-11-18/h7,12,15H,2-6,8-11H2,1H3,(H,16,17). The van der Waals surface area contributed by atoms with Crippen molar-refractivity contribution in [2.75, 3.05) is 44.6 Å². The van der Waals surface area contributed by atoms with Gasteiger partial charge in [0.1, 0.15) is 0 Å². The first-order valence-corrected chi connectivity index (χ1v) is 7.53. The summed E-state index contributed by atoms with van der Waals surface area (Å²) in [5.74, 6) is 0.473. The molecule has 112 valence electrons. The van der Waals surface area contributed by atoms with Gasteiger partial charge in [-0.2, -0.15) is 0 Å². The number of nitrogens with one attached hydrogen (secondary N) is 2. The van der Waals surface area contributed by atoms with E-state index in [-0.39, 0.29) is 5.56 Å². The molecule has 0 radical (unpaired) electrons. The van der Waals surface area contributed by atoms with Gasteiger partial charge >= 0.3 is 0 Å². The van der Waals surface area contributed by atoms with Crippen molar-refractivity contribution in [3.8, 4) is 0 Å². The van der Waals surface area contributed by atoms with Crippen molar-refractivity contribution in [1.29, 1.82) is 0 Å². The van der Waals surface area contributed by atoms with E-state index in [1.165, 1.54) is 0 Å². The highest BCUT2D eigenvalue weighted by Crippen LogP contribution is 1.97. The van der Waals surface area contributed by atoms with Crippen LogP contribution in [-0.4, -0.2) is 53.7 Å². The molecule has 6 heteroatoms. The predicted molar refractivity (Wildman–Crippen MR) is 81.2 cm³/mol. The van der Waals surface area contributed by atoms with Crippen LogP contribution in [0.25, 0.3) is 0 Å². The number of anilines is 1. The Balaban J connectivity index is 1.76. The van der Waals surface area contributed by atoms with Crippen molar-refractivity contribution >= 4 is 5.82 Å². The van der Waals surface area contributed by atoms with E-state index >= 15 is 0 Å². The van der Waals surface area contributed by atoms with E-state index in [1.54, 1.807) is 17.0 Å². The molecule has 2 N–H and O–H groups in total. The lowest BCUT2D eigenvalue weighted by molar-refractivity contribution is 0.240. The summed E-state index contributed by atoms with van der Waals surface area (Å²) in [7, 11) is 0. The van der Waals surface area contributed by atoms with Gasteiger partial charge in [0.2, 0.25) is 0 Å². The lowest BCUT2D eigenvalue weighted by Crippen LogP contribution is -2.44. The number of rotatable bonds is 7. The molecule has 0 aliphatic carbocycles. The fourth-order valence-corrected chi connectivity index (χ4v) is 2.43. The molecule has 0 aromatic carbocycles. The van der Waals surface area contributed by atoms with Crippen molar-refractivity contribution in [3.05, 3.63) is 22.7 Å². The molecule has 0 unspecified atom stereocenters. The summed E-state index contributed by atoms with van der Waals surface area (Å²) in [6.07, 6.45) is 5.42. The third-order valence-corrected chi connectivity index (χ3v) is 3.53. The fraction of sp³-hybridized carbons (Fsp3) is 0.714. The molecule has 2 heterocycles. The Morgan fingerprint density at radius 1 is 1.35 bits per heavy atom. The highest BCUT2D eigenvalue weighted by molar-refractivity contribution is 5.30. The fourth-order valence-electron chi connectivity index (χ4n) is 2.43. The quantitative estimate of drug-likeness (QED) is 0.706. The Kier molecular flexibility index (Phi) is 6.01. The van der Waals surface area contributed by atoms with E-state index in [1.807, 2.05) is 0 Å². The molecule has 1 aromatic rings. The van der Waals surface area contributed by atoms with Gasteiger partial charge in [-0.3, -0.25) is 4.79 Å². The number of piperazine rings is 1. The van der Waals surface area contributed by atoms with E-state index in [0.29, 0.717) is 5.82 Å². The molecule has 0 spiro atoms. The molecular weight excluding hydrogens is 254 g/mol. The molecule has 0 amide bonds. The number of aryl methyl sites for hydroxylation is 1. The Morgan fingerprint density at radius 3 is 2.90 bits per heavy atom. The van der Waals surface area contributed by atoms with E-state index in [0.717, 1.165) is 58.7 Å². The SMILES string of the molecule is CCCn1ccnc(NCCCN2CCNCC2)c1=O. The Bertz CT molecular complexity index is 453. The second-order valence-corrected chi connectivity index (χ2v) is 5.15. The monoisotopic (exact) mass is 279 g/mol.